The summed E-state index contributed by atoms with van der Waals surface area (Å²) in [6, 6.07) is 7.73. The Hall–Kier alpha value is -2.46. The molecule has 0 spiro atoms. The first-order valence-electron chi connectivity index (χ1n) is 9.18. The van der Waals surface area contributed by atoms with Gasteiger partial charge in [-0.05, 0) is 66.3 Å². The number of aryl methyl sites for hydroxylation is 2. The number of benzene rings is 1. The van der Waals surface area contributed by atoms with E-state index in [9.17, 15) is 9.59 Å². The summed E-state index contributed by atoms with van der Waals surface area (Å²) in [4.78, 5) is 30.8. The normalized spacial score (nSPS) is 14.1. The molecule has 2 N–H and O–H groups in total. The highest BCUT2D eigenvalue weighted by Crippen LogP contribution is 2.35. The van der Waals surface area contributed by atoms with Gasteiger partial charge in [0.05, 0.1) is 17.5 Å². The van der Waals surface area contributed by atoms with E-state index in [0.29, 0.717) is 17.7 Å². The van der Waals surface area contributed by atoms with Gasteiger partial charge in [0.15, 0.2) is 0 Å². The monoisotopic (exact) mass is 518 g/mol. The van der Waals surface area contributed by atoms with Crippen LogP contribution in [0.2, 0.25) is 0 Å². The molecule has 0 aliphatic carbocycles. The second-order valence-corrected chi connectivity index (χ2v) is 9.26. The van der Waals surface area contributed by atoms with Crippen molar-refractivity contribution >= 4 is 63.1 Å². The number of nitrogens with one attached hydrogen (secondary N) is 2. The Kier molecular flexibility index (Phi) is 5.81. The van der Waals surface area contributed by atoms with Crippen LogP contribution in [0.3, 0.4) is 0 Å². The fourth-order valence-corrected chi connectivity index (χ4v) is 4.69. The average molecular weight is 518 g/mol. The first-order chi connectivity index (χ1) is 14.0. The van der Waals surface area contributed by atoms with Gasteiger partial charge in [0.2, 0.25) is 0 Å². The molecule has 2 aromatic heterocycles. The minimum absolute atomic E-state index is 0.0835. The van der Waals surface area contributed by atoms with Crippen molar-refractivity contribution in [2.75, 3.05) is 11.9 Å². The number of hydrogen-bond acceptors (Lipinski definition) is 4. The number of carbonyl (C=O) groups is 2. The number of aromatic nitrogens is 2. The summed E-state index contributed by atoms with van der Waals surface area (Å²) in [6.07, 6.45) is 8.11. The standard InChI is InChI=1S/C21H19IN4O2S/c1-13-16(20(27)24-5-2-7-26-8-6-23-12-26)10-15(29-13)11-18-17-9-14(22)3-4-19(17)25-21(18)28/h3-4,6,8-12H,2,5,7H2,1H3,(H,24,27)(H,25,28)/b18-11-. The lowest BCUT2D eigenvalue weighted by molar-refractivity contribution is -0.110. The third kappa shape index (κ3) is 4.43. The van der Waals surface area contributed by atoms with E-state index in [4.69, 9.17) is 0 Å². The van der Waals surface area contributed by atoms with Crippen LogP contribution in [0.15, 0.2) is 43.0 Å². The van der Waals surface area contributed by atoms with Gasteiger partial charge >= 0.3 is 0 Å². The van der Waals surface area contributed by atoms with Crippen molar-refractivity contribution in [1.82, 2.24) is 14.9 Å². The average Bonchev–Trinajstić information content (AvgIpc) is 3.40. The van der Waals surface area contributed by atoms with Gasteiger partial charge in [0.1, 0.15) is 0 Å². The van der Waals surface area contributed by atoms with Crippen LogP contribution in [-0.2, 0) is 11.3 Å². The van der Waals surface area contributed by atoms with Crippen LogP contribution < -0.4 is 10.6 Å². The molecule has 0 saturated carbocycles. The van der Waals surface area contributed by atoms with E-state index < -0.39 is 0 Å². The van der Waals surface area contributed by atoms with Gasteiger partial charge in [-0.3, -0.25) is 9.59 Å². The first-order valence-corrected chi connectivity index (χ1v) is 11.1. The zero-order chi connectivity index (χ0) is 20.4. The molecule has 1 aliphatic rings. The molecule has 1 aromatic carbocycles. The Morgan fingerprint density at radius 3 is 3.03 bits per heavy atom. The number of imidazole rings is 1. The number of thiophene rings is 1. The van der Waals surface area contributed by atoms with Crippen molar-refractivity contribution in [1.29, 1.82) is 0 Å². The fourth-order valence-electron chi connectivity index (χ4n) is 3.23. The second-order valence-electron chi connectivity index (χ2n) is 6.73. The SMILES string of the molecule is Cc1sc(/C=C2\C(=O)Nc3ccc(I)cc32)cc1C(=O)NCCCn1ccnc1. The number of carbonyl (C=O) groups excluding carboxylic acids is 2. The van der Waals surface area contributed by atoms with Crippen LogP contribution in [0.5, 0.6) is 0 Å². The number of anilines is 1. The molecule has 0 atom stereocenters. The van der Waals surface area contributed by atoms with Crippen molar-refractivity contribution in [3.8, 4) is 0 Å². The Labute approximate surface area is 186 Å². The zero-order valence-corrected chi connectivity index (χ0v) is 18.7. The summed E-state index contributed by atoms with van der Waals surface area (Å²) in [5.74, 6) is -0.196. The molecule has 0 fully saturated rings. The van der Waals surface area contributed by atoms with Crippen LogP contribution in [-0.4, -0.2) is 27.9 Å². The summed E-state index contributed by atoms with van der Waals surface area (Å²) in [6.45, 7) is 3.34. The van der Waals surface area contributed by atoms with Crippen LogP contribution in [0.25, 0.3) is 11.6 Å². The van der Waals surface area contributed by atoms with E-state index in [1.807, 2.05) is 48.0 Å². The molecular weight excluding hydrogens is 499 g/mol. The van der Waals surface area contributed by atoms with Crippen molar-refractivity contribution in [3.05, 3.63) is 67.4 Å². The van der Waals surface area contributed by atoms with E-state index in [-0.39, 0.29) is 11.8 Å². The van der Waals surface area contributed by atoms with Gasteiger partial charge in [-0.1, -0.05) is 0 Å². The maximum absolute atomic E-state index is 12.6. The maximum atomic E-state index is 12.6. The second kappa shape index (κ2) is 8.50. The van der Waals surface area contributed by atoms with Crippen molar-refractivity contribution in [2.45, 2.75) is 19.9 Å². The number of fused-ring (bicyclic) bond motifs is 1. The lowest BCUT2D eigenvalue weighted by Gasteiger charge is -2.05. The molecule has 8 heteroatoms. The molecule has 29 heavy (non-hydrogen) atoms. The summed E-state index contributed by atoms with van der Waals surface area (Å²) in [7, 11) is 0. The molecule has 148 valence electrons. The highest BCUT2D eigenvalue weighted by atomic mass is 127. The highest BCUT2D eigenvalue weighted by molar-refractivity contribution is 14.1. The van der Waals surface area contributed by atoms with Gasteiger partial charge in [-0.15, -0.1) is 11.3 Å². The van der Waals surface area contributed by atoms with E-state index in [1.54, 1.807) is 12.5 Å². The molecule has 0 unspecified atom stereocenters. The lowest BCUT2D eigenvalue weighted by Crippen LogP contribution is -2.25. The molecule has 0 bridgehead atoms. The van der Waals surface area contributed by atoms with E-state index >= 15 is 0 Å². The third-order valence-corrected chi connectivity index (χ3v) is 6.34. The fraction of sp³-hybridized carbons (Fsp3) is 0.190. The number of halogens is 1. The number of hydrogen-bond donors (Lipinski definition) is 2. The predicted octanol–water partition coefficient (Wildman–Crippen LogP) is 4.17. The Morgan fingerprint density at radius 2 is 2.24 bits per heavy atom. The Bertz CT molecular complexity index is 1100. The molecule has 6 nitrogen and oxygen atoms in total. The third-order valence-electron chi connectivity index (χ3n) is 4.67. The van der Waals surface area contributed by atoms with Gasteiger partial charge in [-0.2, -0.15) is 0 Å². The maximum Gasteiger partial charge on any atom is 0.256 e. The smallest absolute Gasteiger partial charge is 0.256 e. The minimum atomic E-state index is -0.112. The molecule has 0 saturated heterocycles. The summed E-state index contributed by atoms with van der Waals surface area (Å²) in [5.41, 5.74) is 3.02. The Morgan fingerprint density at radius 1 is 1.38 bits per heavy atom. The summed E-state index contributed by atoms with van der Waals surface area (Å²) in [5, 5.41) is 5.87. The van der Waals surface area contributed by atoms with Gasteiger partial charge in [0.25, 0.3) is 11.8 Å². The van der Waals surface area contributed by atoms with E-state index in [0.717, 1.165) is 37.5 Å². The van der Waals surface area contributed by atoms with Crippen LogP contribution >= 0.6 is 33.9 Å². The van der Waals surface area contributed by atoms with Gasteiger partial charge < -0.3 is 15.2 Å². The highest BCUT2D eigenvalue weighted by Gasteiger charge is 2.24. The molecular formula is C21H19IN4O2S. The van der Waals surface area contributed by atoms with Crippen molar-refractivity contribution in [2.24, 2.45) is 0 Å². The lowest BCUT2D eigenvalue weighted by atomic mass is 10.1. The predicted molar refractivity (Wildman–Crippen MR) is 124 cm³/mol. The number of rotatable bonds is 6. The zero-order valence-electron chi connectivity index (χ0n) is 15.7. The van der Waals surface area contributed by atoms with Gasteiger partial charge in [0, 0.05) is 50.1 Å². The molecule has 0 radical (unpaired) electrons. The molecule has 3 heterocycles. The number of nitrogens with zero attached hydrogens (tertiary/aromatic N) is 2. The topological polar surface area (TPSA) is 76.0 Å². The molecule has 2 amide bonds. The van der Waals surface area contributed by atoms with E-state index in [1.165, 1.54) is 11.3 Å². The molecule has 3 aromatic rings. The minimum Gasteiger partial charge on any atom is -0.352 e. The summed E-state index contributed by atoms with van der Waals surface area (Å²) >= 11 is 3.75. The largest absolute Gasteiger partial charge is 0.352 e. The van der Waals surface area contributed by atoms with Crippen molar-refractivity contribution < 1.29 is 9.59 Å². The molecule has 4 rings (SSSR count). The summed E-state index contributed by atoms with van der Waals surface area (Å²) < 4.78 is 3.06. The first kappa shape index (κ1) is 19.8. The van der Waals surface area contributed by atoms with Gasteiger partial charge in [-0.25, -0.2) is 4.98 Å². The Balaban J connectivity index is 1.45. The van der Waals surface area contributed by atoms with Crippen LogP contribution in [0.1, 0.15) is 32.1 Å². The molecule has 1 aliphatic heterocycles. The van der Waals surface area contributed by atoms with Crippen LogP contribution in [0.4, 0.5) is 5.69 Å². The van der Waals surface area contributed by atoms with Crippen molar-refractivity contribution in [3.63, 3.8) is 0 Å². The quantitative estimate of drug-likeness (QED) is 0.292. The van der Waals surface area contributed by atoms with Crippen LogP contribution in [0, 0.1) is 10.5 Å². The number of amides is 2. The van der Waals surface area contributed by atoms with E-state index in [2.05, 4.69) is 38.2 Å².